The predicted octanol–water partition coefficient (Wildman–Crippen LogP) is 3.33. The molecule has 150 valence electrons. The fourth-order valence-electron chi connectivity index (χ4n) is 3.58. The second kappa shape index (κ2) is 10.1. The van der Waals surface area contributed by atoms with Crippen LogP contribution in [0.1, 0.15) is 50.9 Å². The van der Waals surface area contributed by atoms with E-state index in [2.05, 4.69) is 22.5 Å². The first-order chi connectivity index (χ1) is 12.8. The van der Waals surface area contributed by atoms with Gasteiger partial charge in [-0.15, -0.1) is 0 Å². The first-order valence-electron chi connectivity index (χ1n) is 9.85. The third-order valence-corrected chi connectivity index (χ3v) is 5.26. The summed E-state index contributed by atoms with van der Waals surface area (Å²) in [5.74, 6) is 0.301. The number of hydrogen-bond acceptors (Lipinski definition) is 3. The number of nitrogens with one attached hydrogen (secondary N) is 2. The monoisotopic (exact) mass is 393 g/mol. The molecule has 27 heavy (non-hydrogen) atoms. The van der Waals surface area contributed by atoms with Crippen LogP contribution in [0, 0.1) is 11.8 Å². The molecule has 1 aromatic rings. The Bertz CT molecular complexity index is 633. The van der Waals surface area contributed by atoms with E-state index in [0.29, 0.717) is 16.5 Å². The summed E-state index contributed by atoms with van der Waals surface area (Å²) in [6, 6.07) is 6.12. The average Bonchev–Trinajstić information content (AvgIpc) is 2.59. The molecule has 0 saturated carbocycles. The number of carbonyl (C=O) groups excluding carboxylic acids is 2. The second-order valence-electron chi connectivity index (χ2n) is 8.12. The lowest BCUT2D eigenvalue weighted by molar-refractivity contribution is -0.124. The van der Waals surface area contributed by atoms with Crippen LogP contribution in [0.5, 0.6) is 0 Å². The predicted molar refractivity (Wildman–Crippen MR) is 110 cm³/mol. The van der Waals surface area contributed by atoms with Crippen molar-refractivity contribution in [2.24, 2.45) is 11.8 Å². The van der Waals surface area contributed by atoms with Crippen molar-refractivity contribution in [3.63, 3.8) is 0 Å². The summed E-state index contributed by atoms with van der Waals surface area (Å²) in [6.45, 7) is 11.2. The molecule has 1 aromatic carbocycles. The molecule has 2 N–H and O–H groups in total. The highest BCUT2D eigenvalue weighted by molar-refractivity contribution is 6.30. The van der Waals surface area contributed by atoms with Crippen LogP contribution in [-0.4, -0.2) is 48.4 Å². The molecule has 1 aliphatic heterocycles. The van der Waals surface area contributed by atoms with Gasteiger partial charge in [0.15, 0.2) is 0 Å². The maximum absolute atomic E-state index is 12.8. The highest BCUT2D eigenvalue weighted by atomic mass is 35.5. The summed E-state index contributed by atoms with van der Waals surface area (Å²) >= 11 is 5.87. The fraction of sp³-hybridized carbons (Fsp3) is 0.619. The second-order valence-corrected chi connectivity index (χ2v) is 8.56. The Balaban J connectivity index is 1.91. The van der Waals surface area contributed by atoms with Gasteiger partial charge in [0.2, 0.25) is 5.91 Å². The van der Waals surface area contributed by atoms with Crippen molar-refractivity contribution in [2.75, 3.05) is 19.6 Å². The van der Waals surface area contributed by atoms with Gasteiger partial charge in [0, 0.05) is 29.7 Å². The number of piperidine rings is 1. The molecule has 2 amide bonds. The van der Waals surface area contributed by atoms with Crippen molar-refractivity contribution in [1.82, 2.24) is 15.5 Å². The summed E-state index contributed by atoms with van der Waals surface area (Å²) in [4.78, 5) is 27.6. The van der Waals surface area contributed by atoms with Crippen molar-refractivity contribution in [3.8, 4) is 0 Å². The molecule has 6 heteroatoms. The average molecular weight is 394 g/mol. The molecular formula is C21H32ClN3O2. The molecule has 0 aromatic heterocycles. The molecule has 0 radical (unpaired) electrons. The number of hydrogen-bond donors (Lipinski definition) is 2. The lowest BCUT2D eigenvalue weighted by atomic mass is 9.99. The first kappa shape index (κ1) is 21.7. The molecule has 3 atom stereocenters. The molecule has 5 nitrogen and oxygen atoms in total. The van der Waals surface area contributed by atoms with E-state index in [1.165, 1.54) is 12.8 Å². The number of halogens is 1. The fourth-order valence-corrected chi connectivity index (χ4v) is 3.70. The van der Waals surface area contributed by atoms with Gasteiger partial charge in [-0.05, 0) is 62.4 Å². The van der Waals surface area contributed by atoms with Gasteiger partial charge in [0.25, 0.3) is 5.91 Å². The molecule has 1 saturated heterocycles. The van der Waals surface area contributed by atoms with E-state index in [1.54, 1.807) is 24.3 Å². The Morgan fingerprint density at radius 2 is 1.85 bits per heavy atom. The number of nitrogens with zero attached hydrogens (tertiary/aromatic N) is 1. The zero-order valence-corrected chi connectivity index (χ0v) is 17.6. The summed E-state index contributed by atoms with van der Waals surface area (Å²) in [5, 5.41) is 6.51. The summed E-state index contributed by atoms with van der Waals surface area (Å²) in [6.07, 6.45) is 2.50. The molecule has 3 unspecified atom stereocenters. The van der Waals surface area contributed by atoms with Gasteiger partial charge < -0.3 is 15.5 Å². The molecule has 1 heterocycles. The first-order valence-corrected chi connectivity index (χ1v) is 10.2. The van der Waals surface area contributed by atoms with Crippen molar-refractivity contribution < 1.29 is 9.59 Å². The zero-order chi connectivity index (χ0) is 20.0. The number of carbonyl (C=O) groups is 2. The maximum Gasteiger partial charge on any atom is 0.251 e. The zero-order valence-electron chi connectivity index (χ0n) is 16.8. The van der Waals surface area contributed by atoms with Gasteiger partial charge in [-0.25, -0.2) is 0 Å². The van der Waals surface area contributed by atoms with Gasteiger partial charge in [-0.1, -0.05) is 32.4 Å². The van der Waals surface area contributed by atoms with Crippen molar-refractivity contribution in [2.45, 2.75) is 52.6 Å². The maximum atomic E-state index is 12.8. The number of amides is 2. The minimum Gasteiger partial charge on any atom is -0.351 e. The quantitative estimate of drug-likeness (QED) is 0.746. The molecule has 1 fully saturated rings. The van der Waals surface area contributed by atoms with Crippen molar-refractivity contribution >= 4 is 23.4 Å². The summed E-state index contributed by atoms with van der Waals surface area (Å²) < 4.78 is 0. The van der Waals surface area contributed by atoms with Crippen LogP contribution >= 0.6 is 11.6 Å². The molecule has 0 bridgehead atoms. The Morgan fingerprint density at radius 3 is 2.44 bits per heavy atom. The summed E-state index contributed by atoms with van der Waals surface area (Å²) in [7, 11) is 0. The molecule has 1 aliphatic rings. The molecule has 0 spiro atoms. The molecule has 2 rings (SSSR count). The molecule has 0 aliphatic carbocycles. The van der Waals surface area contributed by atoms with E-state index < -0.39 is 6.04 Å². The van der Waals surface area contributed by atoms with E-state index in [0.717, 1.165) is 19.6 Å². The van der Waals surface area contributed by atoms with Crippen LogP contribution in [0.4, 0.5) is 0 Å². The van der Waals surface area contributed by atoms with Crippen LogP contribution in [0.25, 0.3) is 0 Å². The minimum absolute atomic E-state index is 0.0107. The SMILES string of the molecule is CC1CCCN(CC(C)NC(=O)C(NC(=O)c2ccc(Cl)cc2)C(C)C)C1. The topological polar surface area (TPSA) is 61.4 Å². The Labute approximate surface area is 167 Å². The van der Waals surface area contributed by atoms with Crippen LogP contribution in [0.2, 0.25) is 5.02 Å². The lowest BCUT2D eigenvalue weighted by Gasteiger charge is -2.33. The van der Waals surface area contributed by atoms with Crippen LogP contribution in [0.3, 0.4) is 0 Å². The van der Waals surface area contributed by atoms with Gasteiger partial charge >= 0.3 is 0 Å². The lowest BCUT2D eigenvalue weighted by Crippen LogP contribution is -2.53. The van der Waals surface area contributed by atoms with E-state index in [9.17, 15) is 9.59 Å². The number of likely N-dealkylation sites (tertiary alicyclic amines) is 1. The van der Waals surface area contributed by atoms with Crippen LogP contribution in [-0.2, 0) is 4.79 Å². The standard InChI is InChI=1S/C21H32ClN3O2/c1-14(2)19(24-20(26)17-7-9-18(22)10-8-17)21(27)23-16(4)13-25-11-5-6-15(3)12-25/h7-10,14-16,19H,5-6,11-13H2,1-4H3,(H,23,27)(H,24,26). The van der Waals surface area contributed by atoms with E-state index in [4.69, 9.17) is 11.6 Å². The smallest absolute Gasteiger partial charge is 0.251 e. The van der Waals surface area contributed by atoms with Gasteiger partial charge in [0.05, 0.1) is 0 Å². The third-order valence-electron chi connectivity index (χ3n) is 5.00. The van der Waals surface area contributed by atoms with Gasteiger partial charge in [-0.3, -0.25) is 9.59 Å². The van der Waals surface area contributed by atoms with Gasteiger partial charge in [-0.2, -0.15) is 0 Å². The minimum atomic E-state index is -0.573. The highest BCUT2D eigenvalue weighted by Crippen LogP contribution is 2.15. The molecular weight excluding hydrogens is 362 g/mol. The summed E-state index contributed by atoms with van der Waals surface area (Å²) in [5.41, 5.74) is 0.494. The van der Waals surface area contributed by atoms with Crippen LogP contribution < -0.4 is 10.6 Å². The largest absolute Gasteiger partial charge is 0.351 e. The van der Waals surface area contributed by atoms with Crippen LogP contribution in [0.15, 0.2) is 24.3 Å². The third kappa shape index (κ3) is 6.82. The van der Waals surface area contributed by atoms with E-state index in [-0.39, 0.29) is 23.8 Å². The number of benzene rings is 1. The van der Waals surface area contributed by atoms with Crippen molar-refractivity contribution in [3.05, 3.63) is 34.9 Å². The highest BCUT2D eigenvalue weighted by Gasteiger charge is 2.26. The Kier molecular flexibility index (Phi) is 8.11. The van der Waals surface area contributed by atoms with E-state index >= 15 is 0 Å². The Morgan fingerprint density at radius 1 is 1.19 bits per heavy atom. The van der Waals surface area contributed by atoms with E-state index in [1.807, 2.05) is 20.8 Å². The van der Waals surface area contributed by atoms with Crippen molar-refractivity contribution in [1.29, 1.82) is 0 Å². The van der Waals surface area contributed by atoms with Gasteiger partial charge in [0.1, 0.15) is 6.04 Å². The normalized spacial score (nSPS) is 20.1. The Hall–Kier alpha value is -1.59. The number of rotatable bonds is 7.